The van der Waals surface area contributed by atoms with E-state index in [2.05, 4.69) is 18.0 Å². The van der Waals surface area contributed by atoms with E-state index in [4.69, 9.17) is 18.6 Å². The molecule has 1 N–H and O–H groups in total. The van der Waals surface area contributed by atoms with Gasteiger partial charge >= 0.3 is 35.6 Å². The normalized spacial score (nSPS) is 15.8. The first-order chi connectivity index (χ1) is 9.63. The first-order valence-electron chi connectivity index (χ1n) is 6.86. The second-order valence-electron chi connectivity index (χ2n) is 5.09. The number of aromatic hydroxyl groups is 1. The molecule has 0 radical (unpaired) electrons. The van der Waals surface area contributed by atoms with Crippen LogP contribution < -0.4 is 0 Å². The molecule has 0 aliphatic heterocycles. The van der Waals surface area contributed by atoms with Gasteiger partial charge < -0.3 is 5.11 Å². The second kappa shape index (κ2) is 9.84. The number of benzene rings is 1. The van der Waals surface area contributed by atoms with Crippen molar-refractivity contribution in [3.05, 3.63) is 28.8 Å². The number of hydrogen-bond donors (Lipinski definition) is 1. The van der Waals surface area contributed by atoms with E-state index in [0.717, 1.165) is 11.1 Å². The van der Waals surface area contributed by atoms with Crippen molar-refractivity contribution in [3.63, 3.8) is 0 Å². The number of phenols is 1. The maximum absolute atomic E-state index is 10.3. The minimum absolute atomic E-state index is 0.438. The summed E-state index contributed by atoms with van der Waals surface area (Å²) in [6.45, 7) is 2.08. The van der Waals surface area contributed by atoms with Gasteiger partial charge in [-0.15, -0.1) is 0 Å². The molecular formula is C15H21Cl2NOTi. The van der Waals surface area contributed by atoms with E-state index in [1.165, 1.54) is 37.7 Å². The summed E-state index contributed by atoms with van der Waals surface area (Å²) in [4.78, 5) is 4.01. The van der Waals surface area contributed by atoms with Gasteiger partial charge in [0.1, 0.15) is 5.75 Å². The van der Waals surface area contributed by atoms with Crippen LogP contribution in [0.25, 0.3) is 0 Å². The van der Waals surface area contributed by atoms with Crippen LogP contribution in [0.15, 0.2) is 17.1 Å². The summed E-state index contributed by atoms with van der Waals surface area (Å²) in [5.74, 6) is 0.973. The number of aryl methyl sites for hydroxylation is 1. The molecule has 1 aliphatic carbocycles. The third-order valence-electron chi connectivity index (χ3n) is 3.63. The number of aliphatic imine (C=N–C) groups is 1. The molecule has 0 atom stereocenters. The Balaban J connectivity index is 0.000000612. The molecule has 20 heavy (non-hydrogen) atoms. The molecule has 0 unspecified atom stereocenters. The van der Waals surface area contributed by atoms with Crippen LogP contribution in [0.2, 0.25) is 0 Å². The quantitative estimate of drug-likeness (QED) is 0.579. The first kappa shape index (κ1) is 18.0. The average molecular weight is 350 g/mol. The second-order valence-corrected chi connectivity index (χ2v) is 7.66. The molecule has 2 nitrogen and oxygen atoms in total. The zero-order valence-corrected chi connectivity index (χ0v) is 15.1. The molecule has 0 aromatic heterocycles. The van der Waals surface area contributed by atoms with E-state index in [0.29, 0.717) is 11.7 Å². The van der Waals surface area contributed by atoms with Gasteiger partial charge in [-0.1, -0.05) is 25.3 Å². The van der Waals surface area contributed by atoms with Crippen LogP contribution >= 0.6 is 18.6 Å². The SMILES string of the molecule is CN=Cc1cc(C)cc(C2CCCCC2)c1O.[Cl][Ti][Cl]. The fourth-order valence-corrected chi connectivity index (χ4v) is 2.80. The number of rotatable bonds is 2. The van der Waals surface area contributed by atoms with Gasteiger partial charge in [0, 0.05) is 18.8 Å². The molecule has 0 amide bonds. The van der Waals surface area contributed by atoms with Crippen LogP contribution in [0.5, 0.6) is 5.75 Å². The Morgan fingerprint density at radius 1 is 1.25 bits per heavy atom. The zero-order valence-electron chi connectivity index (χ0n) is 12.0. The number of hydrogen-bond acceptors (Lipinski definition) is 2. The van der Waals surface area contributed by atoms with Crippen LogP contribution in [0.4, 0.5) is 0 Å². The Morgan fingerprint density at radius 2 is 1.85 bits per heavy atom. The van der Waals surface area contributed by atoms with E-state index in [1.54, 1.807) is 13.3 Å². The molecule has 5 heteroatoms. The Hall–Kier alpha value is -0.0157. The molecule has 1 aliphatic rings. The fraction of sp³-hybridized carbons (Fsp3) is 0.533. The van der Waals surface area contributed by atoms with E-state index in [-0.39, 0.29) is 0 Å². The topological polar surface area (TPSA) is 32.6 Å². The fourth-order valence-electron chi connectivity index (χ4n) is 2.80. The average Bonchev–Trinajstić information content (AvgIpc) is 2.44. The summed E-state index contributed by atoms with van der Waals surface area (Å²) in [6, 6.07) is 4.13. The van der Waals surface area contributed by atoms with Gasteiger partial charge in [-0.25, -0.2) is 0 Å². The van der Waals surface area contributed by atoms with Crippen molar-refractivity contribution in [1.29, 1.82) is 0 Å². The van der Waals surface area contributed by atoms with Gasteiger partial charge in [0.25, 0.3) is 0 Å². The van der Waals surface area contributed by atoms with Gasteiger partial charge in [0.15, 0.2) is 0 Å². The summed E-state index contributed by atoms with van der Waals surface area (Å²) in [7, 11) is 11.5. The van der Waals surface area contributed by atoms with E-state index < -0.39 is 17.0 Å². The van der Waals surface area contributed by atoms with Gasteiger partial charge in [0.2, 0.25) is 0 Å². The number of phenolic OH excluding ortho intramolecular Hbond substituents is 1. The minimum atomic E-state index is -0.556. The van der Waals surface area contributed by atoms with E-state index in [9.17, 15) is 5.11 Å². The Kier molecular flexibility index (Phi) is 8.87. The summed E-state index contributed by atoms with van der Waals surface area (Å²) in [6.07, 6.45) is 8.07. The van der Waals surface area contributed by atoms with Gasteiger partial charge in [-0.2, -0.15) is 0 Å². The number of halogens is 2. The predicted molar refractivity (Wildman–Crippen MR) is 83.9 cm³/mol. The van der Waals surface area contributed by atoms with Crippen LogP contribution in [0.3, 0.4) is 0 Å². The van der Waals surface area contributed by atoms with Gasteiger partial charge in [-0.3, -0.25) is 4.99 Å². The Bertz CT molecular complexity index is 446. The molecule has 1 fully saturated rings. The van der Waals surface area contributed by atoms with Crippen molar-refractivity contribution in [3.8, 4) is 5.75 Å². The van der Waals surface area contributed by atoms with Crippen molar-refractivity contribution in [2.75, 3.05) is 7.05 Å². The molecule has 0 bridgehead atoms. The molecule has 0 spiro atoms. The molecule has 110 valence electrons. The standard InChI is InChI=1S/C15H21NO.2ClH.Ti/c1-11-8-13(10-16-2)15(17)14(9-11)12-6-4-3-5-7-12;;;/h8-10,12,17H,3-7H2,1-2H3;2*1H;/q;;;+2/p-2. The van der Waals surface area contributed by atoms with Crippen LogP contribution in [0, 0.1) is 6.92 Å². The summed E-state index contributed by atoms with van der Waals surface area (Å²) < 4.78 is 0. The monoisotopic (exact) mass is 349 g/mol. The molecule has 2 rings (SSSR count). The molecule has 1 aromatic carbocycles. The third-order valence-corrected chi connectivity index (χ3v) is 3.63. The molecule has 0 heterocycles. The Morgan fingerprint density at radius 3 is 2.40 bits per heavy atom. The van der Waals surface area contributed by atoms with Crippen LogP contribution in [0.1, 0.15) is 54.7 Å². The molecule has 1 saturated carbocycles. The zero-order chi connectivity index (χ0) is 15.0. The number of nitrogens with zero attached hydrogens (tertiary/aromatic N) is 1. The molecule has 1 aromatic rings. The molecular weight excluding hydrogens is 329 g/mol. The molecule has 0 saturated heterocycles. The van der Waals surface area contributed by atoms with Gasteiger partial charge in [0.05, 0.1) is 0 Å². The van der Waals surface area contributed by atoms with Crippen molar-refractivity contribution in [2.45, 2.75) is 44.9 Å². The predicted octanol–water partition coefficient (Wildman–Crippen LogP) is 5.17. The van der Waals surface area contributed by atoms with E-state index in [1.807, 2.05) is 6.07 Å². The van der Waals surface area contributed by atoms with Crippen LogP contribution in [-0.2, 0) is 17.0 Å². The Labute approximate surface area is 138 Å². The van der Waals surface area contributed by atoms with Crippen molar-refractivity contribution in [2.24, 2.45) is 4.99 Å². The summed E-state index contributed by atoms with van der Waals surface area (Å²) >= 11 is -0.556. The van der Waals surface area contributed by atoms with Gasteiger partial charge in [-0.05, 0) is 42.9 Å². The summed E-state index contributed by atoms with van der Waals surface area (Å²) in [5, 5.41) is 10.3. The maximum atomic E-state index is 10.3. The van der Waals surface area contributed by atoms with Crippen LogP contribution in [-0.4, -0.2) is 18.4 Å². The first-order valence-corrected chi connectivity index (χ1v) is 11.2. The third kappa shape index (κ3) is 5.40. The van der Waals surface area contributed by atoms with Crippen molar-refractivity contribution < 1.29 is 22.1 Å². The summed E-state index contributed by atoms with van der Waals surface area (Å²) in [5.41, 5.74) is 3.19. The van der Waals surface area contributed by atoms with E-state index >= 15 is 0 Å². The van der Waals surface area contributed by atoms with Crippen molar-refractivity contribution >= 4 is 24.8 Å². The van der Waals surface area contributed by atoms with Crippen molar-refractivity contribution in [1.82, 2.24) is 0 Å².